The van der Waals surface area contributed by atoms with E-state index in [0.29, 0.717) is 6.54 Å². The van der Waals surface area contributed by atoms with Gasteiger partial charge in [-0.25, -0.2) is 14.3 Å². The highest BCUT2D eigenvalue weighted by Gasteiger charge is 2.40. The number of aromatic carboxylic acids is 1. The van der Waals surface area contributed by atoms with Crippen molar-refractivity contribution in [1.82, 2.24) is 15.1 Å². The van der Waals surface area contributed by atoms with Crippen molar-refractivity contribution in [3.63, 3.8) is 0 Å². The van der Waals surface area contributed by atoms with E-state index >= 15 is 0 Å². The molecular weight excluding hydrogens is 447 g/mol. The zero-order valence-corrected chi connectivity index (χ0v) is 16.3. The molecular formula is C17H17BrF3N3O4. The number of carbonyl (C=O) groups is 2. The van der Waals surface area contributed by atoms with Crippen LogP contribution in [0.4, 0.5) is 13.2 Å². The van der Waals surface area contributed by atoms with E-state index in [-0.39, 0.29) is 12.3 Å². The van der Waals surface area contributed by atoms with Gasteiger partial charge in [-0.3, -0.25) is 0 Å². The van der Waals surface area contributed by atoms with Crippen molar-refractivity contribution in [2.45, 2.75) is 26.1 Å². The lowest BCUT2D eigenvalue weighted by Crippen LogP contribution is -2.25. The van der Waals surface area contributed by atoms with Crippen LogP contribution in [0.1, 0.15) is 28.7 Å². The van der Waals surface area contributed by atoms with Gasteiger partial charge in [0.1, 0.15) is 0 Å². The molecule has 0 saturated heterocycles. The summed E-state index contributed by atoms with van der Waals surface area (Å²) in [6.07, 6.45) is -4.07. The third-order valence-corrected chi connectivity index (χ3v) is 4.19. The van der Waals surface area contributed by atoms with Crippen LogP contribution in [0.5, 0.6) is 0 Å². The van der Waals surface area contributed by atoms with Crippen LogP contribution in [-0.2, 0) is 22.5 Å². The first kappa shape index (κ1) is 21.9. The molecule has 152 valence electrons. The number of benzene rings is 1. The summed E-state index contributed by atoms with van der Waals surface area (Å²) in [7, 11) is 0. The number of halogens is 4. The van der Waals surface area contributed by atoms with Gasteiger partial charge >= 0.3 is 18.1 Å². The molecule has 0 amide bonds. The molecule has 0 bridgehead atoms. The fourth-order valence-corrected chi connectivity index (χ4v) is 2.94. The van der Waals surface area contributed by atoms with Crippen LogP contribution < -0.4 is 5.32 Å². The lowest BCUT2D eigenvalue weighted by molar-refractivity contribution is -0.199. The van der Waals surface area contributed by atoms with Crippen molar-refractivity contribution in [2.24, 2.45) is 0 Å². The van der Waals surface area contributed by atoms with Gasteiger partial charge in [0, 0.05) is 29.5 Å². The Kier molecular flexibility index (Phi) is 7.19. The van der Waals surface area contributed by atoms with Crippen molar-refractivity contribution in [1.29, 1.82) is 0 Å². The Bertz CT molecular complexity index is 868. The molecule has 0 atom stereocenters. The first-order chi connectivity index (χ1) is 13.1. The fourth-order valence-electron chi connectivity index (χ4n) is 2.55. The smallest absolute Gasteiger partial charge is 0.476 e. The Morgan fingerprint density at radius 3 is 2.64 bits per heavy atom. The van der Waals surface area contributed by atoms with Gasteiger partial charge in [0.15, 0.2) is 5.69 Å². The van der Waals surface area contributed by atoms with Gasteiger partial charge in [0.2, 0.25) is 0 Å². The molecule has 28 heavy (non-hydrogen) atoms. The van der Waals surface area contributed by atoms with E-state index in [0.717, 1.165) is 34.4 Å². The van der Waals surface area contributed by atoms with Crippen LogP contribution in [0.25, 0.3) is 5.69 Å². The van der Waals surface area contributed by atoms with E-state index in [1.807, 2.05) is 24.3 Å². The highest BCUT2D eigenvalue weighted by atomic mass is 79.9. The minimum absolute atomic E-state index is 0.141. The van der Waals surface area contributed by atoms with Crippen molar-refractivity contribution in [3.8, 4) is 5.69 Å². The van der Waals surface area contributed by atoms with Crippen molar-refractivity contribution in [3.05, 3.63) is 45.7 Å². The largest absolute Gasteiger partial charge is 0.490 e. The standard InChI is InChI=1S/C13H12BrN3O2.C4H5F3O2/c14-8-2-1-3-9(6-8)17-11-4-5-15-7-10(11)12(16-17)13(18)19;1-2-9-3(8)4(5,6)7/h1-3,6,15H,4-5,7H2,(H,18,19);2H2,1H3. The Balaban J connectivity index is 0.000000266. The number of ether oxygens (including phenoxy) is 1. The molecule has 1 aliphatic heterocycles. The summed E-state index contributed by atoms with van der Waals surface area (Å²) in [5, 5.41) is 16.7. The fraction of sp³-hybridized carbons (Fsp3) is 0.353. The summed E-state index contributed by atoms with van der Waals surface area (Å²) in [4.78, 5) is 21.0. The molecule has 3 rings (SSSR count). The minimum atomic E-state index is -4.85. The number of aromatic nitrogens is 2. The number of alkyl halides is 3. The molecule has 2 N–H and O–H groups in total. The maximum absolute atomic E-state index is 11.3. The molecule has 0 unspecified atom stereocenters. The predicted molar refractivity (Wildman–Crippen MR) is 96.3 cm³/mol. The molecule has 2 heterocycles. The van der Waals surface area contributed by atoms with Crippen LogP contribution in [0.2, 0.25) is 0 Å². The molecule has 1 aromatic heterocycles. The second-order valence-electron chi connectivity index (χ2n) is 5.62. The van der Waals surface area contributed by atoms with Crippen LogP contribution in [-0.4, -0.2) is 46.2 Å². The van der Waals surface area contributed by atoms with Crippen LogP contribution in [0.3, 0.4) is 0 Å². The lowest BCUT2D eigenvalue weighted by atomic mass is 10.1. The van der Waals surface area contributed by atoms with Crippen LogP contribution >= 0.6 is 15.9 Å². The van der Waals surface area contributed by atoms with E-state index in [1.165, 1.54) is 6.92 Å². The maximum Gasteiger partial charge on any atom is 0.490 e. The van der Waals surface area contributed by atoms with Crippen molar-refractivity contribution < 1.29 is 32.6 Å². The quantitative estimate of drug-likeness (QED) is 0.679. The SMILES string of the molecule is CCOC(=O)C(F)(F)F.O=C(O)c1nn(-c2cccc(Br)c2)c2c1CNCC2. The molecule has 0 spiro atoms. The number of rotatable bonds is 3. The molecule has 0 aliphatic carbocycles. The number of hydrogen-bond donors (Lipinski definition) is 2. The van der Waals surface area contributed by atoms with E-state index < -0.39 is 18.1 Å². The van der Waals surface area contributed by atoms with Gasteiger partial charge in [-0.2, -0.15) is 18.3 Å². The van der Waals surface area contributed by atoms with Gasteiger partial charge in [0.25, 0.3) is 0 Å². The maximum atomic E-state index is 11.3. The summed E-state index contributed by atoms with van der Waals surface area (Å²) in [5.74, 6) is -3.11. The lowest BCUT2D eigenvalue weighted by Gasteiger charge is -2.15. The number of nitrogens with zero attached hydrogens (tertiary/aromatic N) is 2. The molecule has 1 aromatic carbocycles. The van der Waals surface area contributed by atoms with Crippen molar-refractivity contribution in [2.75, 3.05) is 13.2 Å². The van der Waals surface area contributed by atoms with Gasteiger partial charge in [-0.1, -0.05) is 22.0 Å². The summed E-state index contributed by atoms with van der Waals surface area (Å²) in [6, 6.07) is 7.70. The zero-order chi connectivity index (χ0) is 20.9. The van der Waals surface area contributed by atoms with E-state index in [4.69, 9.17) is 0 Å². The first-order valence-electron chi connectivity index (χ1n) is 8.19. The minimum Gasteiger partial charge on any atom is -0.476 e. The van der Waals surface area contributed by atoms with Gasteiger partial charge < -0.3 is 15.2 Å². The number of hydrogen-bond acceptors (Lipinski definition) is 5. The molecule has 0 fully saturated rings. The third kappa shape index (κ3) is 5.32. The average Bonchev–Trinajstić information content (AvgIpc) is 3.02. The number of esters is 1. The van der Waals surface area contributed by atoms with Crippen LogP contribution in [0.15, 0.2) is 28.7 Å². The predicted octanol–water partition coefficient (Wildman–Crippen LogP) is 3.09. The molecule has 2 aromatic rings. The third-order valence-electron chi connectivity index (χ3n) is 3.69. The molecule has 0 radical (unpaired) electrons. The first-order valence-corrected chi connectivity index (χ1v) is 8.99. The molecule has 11 heteroatoms. The average molecular weight is 464 g/mol. The van der Waals surface area contributed by atoms with E-state index in [2.05, 4.69) is 31.1 Å². The Morgan fingerprint density at radius 1 is 1.39 bits per heavy atom. The van der Waals surface area contributed by atoms with E-state index in [9.17, 15) is 27.9 Å². The zero-order valence-electron chi connectivity index (χ0n) is 14.7. The second kappa shape index (κ2) is 9.20. The Hall–Kier alpha value is -2.40. The molecule has 7 nitrogen and oxygen atoms in total. The highest BCUT2D eigenvalue weighted by Crippen LogP contribution is 2.23. The van der Waals surface area contributed by atoms with Gasteiger partial charge in [-0.15, -0.1) is 0 Å². The number of fused-ring (bicyclic) bond motifs is 1. The van der Waals surface area contributed by atoms with Gasteiger partial charge in [0.05, 0.1) is 18.0 Å². The molecule has 1 aliphatic rings. The summed E-state index contributed by atoms with van der Waals surface area (Å²) in [6.45, 7) is 2.46. The summed E-state index contributed by atoms with van der Waals surface area (Å²) >= 11 is 3.42. The van der Waals surface area contributed by atoms with E-state index in [1.54, 1.807) is 4.68 Å². The summed E-state index contributed by atoms with van der Waals surface area (Å²) in [5.41, 5.74) is 2.79. The number of carboxylic acids is 1. The number of carboxylic acid groups (broad SMARTS) is 1. The topological polar surface area (TPSA) is 93.5 Å². The normalized spacial score (nSPS) is 13.2. The number of carbonyl (C=O) groups excluding carboxylic acids is 1. The second-order valence-corrected chi connectivity index (χ2v) is 6.53. The van der Waals surface area contributed by atoms with Crippen molar-refractivity contribution >= 4 is 27.9 Å². The number of nitrogens with one attached hydrogen (secondary N) is 1. The monoisotopic (exact) mass is 463 g/mol. The Morgan fingerprint density at radius 2 is 2.11 bits per heavy atom. The molecule has 0 saturated carbocycles. The van der Waals surface area contributed by atoms with Crippen LogP contribution in [0, 0.1) is 0 Å². The highest BCUT2D eigenvalue weighted by molar-refractivity contribution is 9.10. The summed E-state index contributed by atoms with van der Waals surface area (Å²) < 4.78 is 39.8. The van der Waals surface area contributed by atoms with Gasteiger partial charge in [-0.05, 0) is 25.1 Å². The Labute approximate surface area is 166 Å².